The molecule has 5 nitrogen and oxygen atoms in total. The fourth-order valence-corrected chi connectivity index (χ4v) is 4.07. The van der Waals surface area contributed by atoms with Gasteiger partial charge in [0, 0.05) is 23.5 Å². The maximum Gasteiger partial charge on any atom is 0.175 e. The number of pyridine rings is 2. The Kier molecular flexibility index (Phi) is 4.48. The van der Waals surface area contributed by atoms with Gasteiger partial charge in [-0.3, -0.25) is 14.8 Å². The summed E-state index contributed by atoms with van der Waals surface area (Å²) in [6.45, 7) is 1.90. The van der Waals surface area contributed by atoms with Crippen LogP contribution in [0.4, 0.5) is 4.39 Å². The van der Waals surface area contributed by atoms with Crippen LogP contribution in [0.15, 0.2) is 24.5 Å². The average molecular weight is 370 g/mol. The number of aromatic nitrogens is 4. The highest BCUT2D eigenvalue weighted by atomic mass is 32.1. The van der Waals surface area contributed by atoms with Crippen molar-refractivity contribution in [1.29, 1.82) is 0 Å². The van der Waals surface area contributed by atoms with E-state index in [1.165, 1.54) is 11.3 Å². The summed E-state index contributed by atoms with van der Waals surface area (Å²) in [5.41, 5.74) is -0.348. The van der Waals surface area contributed by atoms with Crippen molar-refractivity contribution in [3.05, 3.63) is 35.2 Å². The first kappa shape index (κ1) is 17.1. The van der Waals surface area contributed by atoms with Crippen molar-refractivity contribution in [2.75, 3.05) is 0 Å². The molecule has 134 valence electrons. The first-order valence-electron chi connectivity index (χ1n) is 8.81. The number of fused-ring (bicyclic) bond motifs is 1. The number of halogens is 1. The molecule has 4 rings (SSSR count). The smallest absolute Gasteiger partial charge is 0.175 e. The third-order valence-corrected chi connectivity index (χ3v) is 5.75. The van der Waals surface area contributed by atoms with Crippen molar-refractivity contribution < 1.29 is 9.18 Å². The van der Waals surface area contributed by atoms with E-state index >= 15 is 0 Å². The average Bonchev–Trinajstić information content (AvgIpc) is 3.08. The number of Topliss-reactive ketones (excluding diaryl/α,β-unsaturated/α-hetero) is 1. The second kappa shape index (κ2) is 6.79. The Morgan fingerprint density at radius 2 is 1.88 bits per heavy atom. The second-order valence-electron chi connectivity index (χ2n) is 6.84. The Balaban J connectivity index is 1.61. The lowest BCUT2D eigenvalue weighted by atomic mass is 9.82. The Morgan fingerprint density at radius 3 is 2.62 bits per heavy atom. The molecule has 0 aliphatic heterocycles. The van der Waals surface area contributed by atoms with Gasteiger partial charge in [0.1, 0.15) is 10.7 Å². The van der Waals surface area contributed by atoms with Gasteiger partial charge in [-0.05, 0) is 50.1 Å². The third-order valence-electron chi connectivity index (χ3n) is 4.89. The van der Waals surface area contributed by atoms with Crippen LogP contribution in [0.2, 0.25) is 0 Å². The Bertz CT molecular complexity index is 965. The minimum atomic E-state index is -1.68. The molecule has 3 heterocycles. The number of aryl methyl sites for hydroxylation is 1. The van der Waals surface area contributed by atoms with E-state index in [2.05, 4.69) is 20.2 Å². The van der Waals surface area contributed by atoms with Crippen LogP contribution < -0.4 is 0 Å². The predicted molar refractivity (Wildman–Crippen MR) is 98.8 cm³/mol. The van der Waals surface area contributed by atoms with Crippen LogP contribution in [-0.2, 0) is 11.2 Å². The van der Waals surface area contributed by atoms with Gasteiger partial charge < -0.3 is 0 Å². The molecular formula is C19H19FN4OS. The molecule has 0 atom stereocenters. The van der Waals surface area contributed by atoms with Gasteiger partial charge in [-0.1, -0.05) is 17.8 Å². The number of ketones is 1. The van der Waals surface area contributed by atoms with Gasteiger partial charge in [0.05, 0.1) is 6.42 Å². The van der Waals surface area contributed by atoms with Crippen molar-refractivity contribution in [3.8, 4) is 10.7 Å². The van der Waals surface area contributed by atoms with E-state index in [0.29, 0.717) is 18.5 Å². The van der Waals surface area contributed by atoms with E-state index in [9.17, 15) is 9.18 Å². The summed E-state index contributed by atoms with van der Waals surface area (Å²) < 4.78 is 14.9. The highest BCUT2D eigenvalue weighted by molar-refractivity contribution is 7.14. The first-order chi connectivity index (χ1) is 12.5. The molecular weight excluding hydrogens is 351 g/mol. The number of nitrogens with zero attached hydrogens (tertiary/aromatic N) is 4. The van der Waals surface area contributed by atoms with Gasteiger partial charge >= 0.3 is 0 Å². The summed E-state index contributed by atoms with van der Waals surface area (Å²) in [7, 11) is 0. The van der Waals surface area contributed by atoms with Gasteiger partial charge in [0.2, 0.25) is 0 Å². The number of carbonyl (C=O) groups is 1. The lowest BCUT2D eigenvalue weighted by Gasteiger charge is -2.27. The van der Waals surface area contributed by atoms with Crippen LogP contribution in [0.25, 0.3) is 21.5 Å². The monoisotopic (exact) mass is 370 g/mol. The maximum atomic E-state index is 14.9. The first-order valence-corrected chi connectivity index (χ1v) is 9.62. The van der Waals surface area contributed by atoms with Gasteiger partial charge in [0.25, 0.3) is 0 Å². The van der Waals surface area contributed by atoms with E-state index in [1.807, 2.05) is 19.1 Å². The van der Waals surface area contributed by atoms with Crippen LogP contribution in [0, 0.1) is 6.92 Å². The van der Waals surface area contributed by atoms with E-state index in [0.717, 1.165) is 45.7 Å². The van der Waals surface area contributed by atoms with Crippen LogP contribution in [0.1, 0.15) is 42.8 Å². The molecule has 1 aliphatic rings. The number of rotatable bonds is 4. The van der Waals surface area contributed by atoms with Gasteiger partial charge in [0.15, 0.2) is 16.5 Å². The number of hydrogen-bond donors (Lipinski definition) is 0. The van der Waals surface area contributed by atoms with Crippen molar-refractivity contribution in [2.45, 2.75) is 51.1 Å². The zero-order valence-electron chi connectivity index (χ0n) is 14.5. The molecule has 1 fully saturated rings. The third kappa shape index (κ3) is 3.35. The van der Waals surface area contributed by atoms with E-state index in [-0.39, 0.29) is 12.2 Å². The molecule has 0 amide bonds. The Hall–Kier alpha value is -2.28. The second-order valence-corrected chi connectivity index (χ2v) is 8.03. The zero-order valence-corrected chi connectivity index (χ0v) is 15.4. The minimum Gasteiger partial charge on any atom is -0.296 e. The molecule has 0 N–H and O–H groups in total. The Morgan fingerprint density at radius 1 is 1.12 bits per heavy atom. The number of carbonyl (C=O) groups excluding carboxylic acids is 1. The molecule has 1 aliphatic carbocycles. The van der Waals surface area contributed by atoms with Gasteiger partial charge in [-0.25, -0.2) is 4.39 Å². The predicted octanol–water partition coefficient (Wildman–Crippen LogP) is 4.24. The number of hydrogen-bond acceptors (Lipinski definition) is 6. The van der Waals surface area contributed by atoms with Crippen LogP contribution in [0.3, 0.4) is 0 Å². The molecule has 7 heteroatoms. The highest BCUT2D eigenvalue weighted by Crippen LogP contribution is 2.33. The summed E-state index contributed by atoms with van der Waals surface area (Å²) in [6, 6.07) is 3.76. The Labute approximate surface area is 154 Å². The molecule has 3 aromatic heterocycles. The van der Waals surface area contributed by atoms with Crippen LogP contribution in [-0.4, -0.2) is 31.6 Å². The molecule has 26 heavy (non-hydrogen) atoms. The number of alkyl halides is 1. The topological polar surface area (TPSA) is 68.6 Å². The molecule has 0 radical (unpaired) electrons. The molecule has 0 spiro atoms. The van der Waals surface area contributed by atoms with Crippen molar-refractivity contribution in [3.63, 3.8) is 0 Å². The van der Waals surface area contributed by atoms with E-state index < -0.39 is 5.67 Å². The standard InChI is InChI=1S/C19H19FN4OS/c1-12-23-24-18(26-12)16-8-13-7-15(21-10-14(13)11-22-16)9-17(25)19(20)5-3-2-4-6-19/h7-8,10-11H,2-6,9H2,1H3. The minimum absolute atomic E-state index is 0.0298. The summed E-state index contributed by atoms with van der Waals surface area (Å²) in [5, 5.41) is 11.6. The molecule has 0 saturated heterocycles. The molecule has 0 bridgehead atoms. The van der Waals surface area contributed by atoms with E-state index in [4.69, 9.17) is 0 Å². The van der Waals surface area contributed by atoms with Gasteiger partial charge in [-0.15, -0.1) is 10.2 Å². The normalized spacial score (nSPS) is 16.7. The fourth-order valence-electron chi connectivity index (χ4n) is 3.41. The van der Waals surface area contributed by atoms with Crippen LogP contribution >= 0.6 is 11.3 Å². The van der Waals surface area contributed by atoms with Crippen molar-refractivity contribution >= 4 is 27.9 Å². The molecule has 3 aromatic rings. The fraction of sp³-hybridized carbons (Fsp3) is 0.421. The summed E-state index contributed by atoms with van der Waals surface area (Å²) in [5.74, 6) is -0.349. The summed E-state index contributed by atoms with van der Waals surface area (Å²) in [6.07, 6.45) is 6.70. The van der Waals surface area contributed by atoms with E-state index in [1.54, 1.807) is 12.4 Å². The van der Waals surface area contributed by atoms with Crippen molar-refractivity contribution in [2.24, 2.45) is 0 Å². The molecule has 0 unspecified atom stereocenters. The molecule has 1 saturated carbocycles. The van der Waals surface area contributed by atoms with Gasteiger partial charge in [-0.2, -0.15) is 0 Å². The SMILES string of the molecule is Cc1nnc(-c2cc3cc(CC(=O)C4(F)CCCCC4)ncc3cn2)s1. The highest BCUT2D eigenvalue weighted by Gasteiger charge is 2.39. The van der Waals surface area contributed by atoms with Crippen LogP contribution in [0.5, 0.6) is 0 Å². The lowest BCUT2D eigenvalue weighted by molar-refractivity contribution is -0.132. The van der Waals surface area contributed by atoms with Crippen molar-refractivity contribution in [1.82, 2.24) is 20.2 Å². The summed E-state index contributed by atoms with van der Waals surface area (Å²) in [4.78, 5) is 21.2. The zero-order chi connectivity index (χ0) is 18.1. The molecule has 0 aromatic carbocycles. The lowest BCUT2D eigenvalue weighted by Crippen LogP contribution is -2.37. The maximum absolute atomic E-state index is 14.9. The quantitative estimate of drug-likeness (QED) is 0.687. The largest absolute Gasteiger partial charge is 0.296 e. The summed E-state index contributed by atoms with van der Waals surface area (Å²) >= 11 is 1.48.